The van der Waals surface area contributed by atoms with Crippen LogP contribution >= 0.6 is 11.3 Å². The molecule has 0 aliphatic heterocycles. The molecule has 0 aliphatic carbocycles. The normalized spacial score (nSPS) is 11.3. The van der Waals surface area contributed by atoms with Crippen molar-refractivity contribution in [3.8, 4) is 10.6 Å². The number of anilines is 1. The van der Waals surface area contributed by atoms with Crippen LogP contribution in [0.2, 0.25) is 0 Å². The number of hydrogen-bond donors (Lipinski definition) is 0. The minimum Gasteiger partial charge on any atom is -0.373 e. The SMILES string of the molecule is CN(C)CCN(C)c1cc(-c2cccs2)nc2ccccc12. The number of para-hydroxylation sites is 1. The maximum Gasteiger partial charge on any atom is 0.0830 e. The number of benzene rings is 1. The van der Waals surface area contributed by atoms with Gasteiger partial charge in [0.15, 0.2) is 0 Å². The Hall–Kier alpha value is -1.91. The topological polar surface area (TPSA) is 19.4 Å². The monoisotopic (exact) mass is 311 g/mol. The lowest BCUT2D eigenvalue weighted by Crippen LogP contribution is -2.28. The highest BCUT2D eigenvalue weighted by Gasteiger charge is 2.11. The summed E-state index contributed by atoms with van der Waals surface area (Å²) in [4.78, 5) is 10.6. The molecule has 3 rings (SSSR count). The molecule has 0 aliphatic rings. The van der Waals surface area contributed by atoms with E-state index >= 15 is 0 Å². The number of nitrogens with zero attached hydrogens (tertiary/aromatic N) is 3. The molecule has 0 saturated heterocycles. The Morgan fingerprint density at radius 2 is 1.82 bits per heavy atom. The highest BCUT2D eigenvalue weighted by Crippen LogP contribution is 2.32. The Morgan fingerprint density at radius 3 is 2.55 bits per heavy atom. The van der Waals surface area contributed by atoms with Crippen molar-refractivity contribution in [2.75, 3.05) is 39.1 Å². The van der Waals surface area contributed by atoms with Crippen molar-refractivity contribution >= 4 is 27.9 Å². The van der Waals surface area contributed by atoms with E-state index in [4.69, 9.17) is 4.98 Å². The Labute approximate surface area is 135 Å². The summed E-state index contributed by atoms with van der Waals surface area (Å²) >= 11 is 1.73. The molecule has 0 radical (unpaired) electrons. The summed E-state index contributed by atoms with van der Waals surface area (Å²) in [7, 11) is 6.37. The second-order valence-electron chi connectivity index (χ2n) is 5.75. The third kappa shape index (κ3) is 3.13. The van der Waals surface area contributed by atoms with Crippen LogP contribution in [0.4, 0.5) is 5.69 Å². The van der Waals surface area contributed by atoms with Gasteiger partial charge < -0.3 is 9.80 Å². The van der Waals surface area contributed by atoms with Crippen molar-refractivity contribution < 1.29 is 0 Å². The zero-order valence-electron chi connectivity index (χ0n) is 13.3. The standard InChI is InChI=1S/C18H21N3S/c1-20(2)10-11-21(3)17-13-16(18-9-6-12-22-18)19-15-8-5-4-7-14(15)17/h4-9,12-13H,10-11H2,1-3H3. The smallest absolute Gasteiger partial charge is 0.0830 e. The van der Waals surface area contributed by atoms with Crippen molar-refractivity contribution in [3.05, 3.63) is 47.8 Å². The first-order valence-electron chi connectivity index (χ1n) is 7.44. The predicted octanol–water partition coefficient (Wildman–Crippen LogP) is 3.96. The van der Waals surface area contributed by atoms with E-state index in [1.165, 1.54) is 16.0 Å². The Morgan fingerprint density at radius 1 is 1.00 bits per heavy atom. The van der Waals surface area contributed by atoms with Gasteiger partial charge >= 0.3 is 0 Å². The second-order valence-corrected chi connectivity index (χ2v) is 6.69. The lowest BCUT2D eigenvalue weighted by atomic mass is 10.1. The molecular formula is C18H21N3S. The zero-order valence-corrected chi connectivity index (χ0v) is 14.1. The van der Waals surface area contributed by atoms with Gasteiger partial charge in [0.2, 0.25) is 0 Å². The van der Waals surface area contributed by atoms with Crippen molar-refractivity contribution in [2.24, 2.45) is 0 Å². The Kier molecular flexibility index (Phi) is 4.41. The van der Waals surface area contributed by atoms with E-state index in [0.29, 0.717) is 0 Å². The van der Waals surface area contributed by atoms with Gasteiger partial charge in [0.25, 0.3) is 0 Å². The van der Waals surface area contributed by atoms with E-state index in [-0.39, 0.29) is 0 Å². The Bertz CT molecular complexity index is 750. The van der Waals surface area contributed by atoms with Crippen molar-refractivity contribution in [3.63, 3.8) is 0 Å². The van der Waals surface area contributed by atoms with E-state index in [1.807, 2.05) is 0 Å². The van der Waals surface area contributed by atoms with E-state index in [0.717, 1.165) is 24.3 Å². The van der Waals surface area contributed by atoms with Crippen LogP contribution in [0.15, 0.2) is 47.8 Å². The van der Waals surface area contributed by atoms with Gasteiger partial charge in [-0.25, -0.2) is 4.98 Å². The highest BCUT2D eigenvalue weighted by molar-refractivity contribution is 7.13. The molecule has 114 valence electrons. The molecule has 22 heavy (non-hydrogen) atoms. The molecule has 3 aromatic rings. The van der Waals surface area contributed by atoms with Gasteiger partial charge in [-0.1, -0.05) is 24.3 Å². The summed E-state index contributed by atoms with van der Waals surface area (Å²) in [6.45, 7) is 2.02. The summed E-state index contributed by atoms with van der Waals surface area (Å²) in [6.07, 6.45) is 0. The van der Waals surface area contributed by atoms with Crippen molar-refractivity contribution in [1.29, 1.82) is 0 Å². The third-order valence-electron chi connectivity index (χ3n) is 3.76. The van der Waals surface area contributed by atoms with Crippen LogP contribution in [0.5, 0.6) is 0 Å². The average Bonchev–Trinajstić information content (AvgIpc) is 3.06. The summed E-state index contributed by atoms with van der Waals surface area (Å²) in [6, 6.07) is 14.8. The fourth-order valence-electron chi connectivity index (χ4n) is 2.49. The first kappa shape index (κ1) is 15.0. The quantitative estimate of drug-likeness (QED) is 0.711. The van der Waals surface area contributed by atoms with Crippen LogP contribution < -0.4 is 4.90 Å². The fourth-order valence-corrected chi connectivity index (χ4v) is 3.18. The number of likely N-dealkylation sites (N-methyl/N-ethyl adjacent to an activating group) is 2. The maximum atomic E-state index is 4.83. The van der Waals surface area contributed by atoms with Crippen LogP contribution in [0, 0.1) is 0 Å². The predicted molar refractivity (Wildman–Crippen MR) is 96.9 cm³/mol. The van der Waals surface area contributed by atoms with E-state index in [1.54, 1.807) is 11.3 Å². The number of aromatic nitrogens is 1. The van der Waals surface area contributed by atoms with Crippen LogP contribution in [0.25, 0.3) is 21.5 Å². The molecule has 0 saturated carbocycles. The van der Waals surface area contributed by atoms with Crippen LogP contribution in [-0.4, -0.2) is 44.1 Å². The summed E-state index contributed by atoms with van der Waals surface area (Å²) in [5.74, 6) is 0. The molecule has 2 heterocycles. The van der Waals surface area contributed by atoms with Crippen molar-refractivity contribution in [1.82, 2.24) is 9.88 Å². The second kappa shape index (κ2) is 6.46. The number of rotatable bonds is 5. The van der Waals surface area contributed by atoms with Gasteiger partial charge in [-0.3, -0.25) is 0 Å². The maximum absolute atomic E-state index is 4.83. The number of fused-ring (bicyclic) bond motifs is 1. The molecule has 0 bridgehead atoms. The van der Waals surface area contributed by atoms with Gasteiger partial charge in [-0.15, -0.1) is 11.3 Å². The van der Waals surface area contributed by atoms with Crippen molar-refractivity contribution in [2.45, 2.75) is 0 Å². The van der Waals surface area contributed by atoms with E-state index in [9.17, 15) is 0 Å². The molecule has 0 amide bonds. The number of thiophene rings is 1. The first-order chi connectivity index (χ1) is 10.6. The number of hydrogen-bond acceptors (Lipinski definition) is 4. The zero-order chi connectivity index (χ0) is 15.5. The molecule has 0 fully saturated rings. The largest absolute Gasteiger partial charge is 0.373 e. The average molecular weight is 311 g/mol. The van der Waals surface area contributed by atoms with Crippen LogP contribution in [0.3, 0.4) is 0 Å². The minimum absolute atomic E-state index is 0.991. The van der Waals surface area contributed by atoms with Crippen LogP contribution in [-0.2, 0) is 0 Å². The summed E-state index contributed by atoms with van der Waals surface area (Å²) in [5, 5.41) is 3.31. The summed E-state index contributed by atoms with van der Waals surface area (Å²) < 4.78 is 0. The highest BCUT2D eigenvalue weighted by atomic mass is 32.1. The third-order valence-corrected chi connectivity index (χ3v) is 4.65. The number of pyridine rings is 1. The Balaban J connectivity index is 2.06. The molecule has 0 spiro atoms. The first-order valence-corrected chi connectivity index (χ1v) is 8.32. The van der Waals surface area contributed by atoms with Gasteiger partial charge in [0.05, 0.1) is 16.1 Å². The fraction of sp³-hybridized carbons (Fsp3) is 0.278. The molecule has 0 unspecified atom stereocenters. The van der Waals surface area contributed by atoms with E-state index in [2.05, 4.69) is 78.8 Å². The minimum atomic E-state index is 0.991. The van der Waals surface area contributed by atoms with Gasteiger partial charge in [0, 0.05) is 31.2 Å². The molecular weight excluding hydrogens is 290 g/mol. The van der Waals surface area contributed by atoms with E-state index < -0.39 is 0 Å². The summed E-state index contributed by atoms with van der Waals surface area (Å²) in [5.41, 5.74) is 3.36. The molecule has 4 heteroatoms. The molecule has 3 nitrogen and oxygen atoms in total. The molecule has 1 aromatic carbocycles. The molecule has 0 N–H and O–H groups in total. The van der Waals surface area contributed by atoms with Gasteiger partial charge in [-0.05, 0) is 37.7 Å². The van der Waals surface area contributed by atoms with Crippen LogP contribution in [0.1, 0.15) is 0 Å². The van der Waals surface area contributed by atoms with Gasteiger partial charge in [-0.2, -0.15) is 0 Å². The lowest BCUT2D eigenvalue weighted by Gasteiger charge is -2.23. The molecule has 0 atom stereocenters. The lowest BCUT2D eigenvalue weighted by molar-refractivity contribution is 0.416. The molecule has 2 aromatic heterocycles. The van der Waals surface area contributed by atoms with Gasteiger partial charge in [0.1, 0.15) is 0 Å².